The molecule has 0 aromatic heterocycles. The third-order valence-electron chi connectivity index (χ3n) is 4.36. The maximum absolute atomic E-state index is 14.0. The van der Waals surface area contributed by atoms with Crippen LogP contribution in [-0.4, -0.2) is 6.04 Å². The lowest BCUT2D eigenvalue weighted by molar-refractivity contribution is -0.130. The van der Waals surface area contributed by atoms with Gasteiger partial charge in [0.05, 0.1) is 0 Å². The summed E-state index contributed by atoms with van der Waals surface area (Å²) in [6, 6.07) is 21.3. The first-order valence-corrected chi connectivity index (χ1v) is 7.86. The van der Waals surface area contributed by atoms with E-state index in [2.05, 4.69) is 0 Å². The Labute approximate surface area is 139 Å². The van der Waals surface area contributed by atoms with Gasteiger partial charge in [0.25, 0.3) is 0 Å². The number of carbonyl (C=O) groups is 1. The summed E-state index contributed by atoms with van der Waals surface area (Å²) in [6.07, 6.45) is 0.624. The van der Waals surface area contributed by atoms with Gasteiger partial charge >= 0.3 is 6.04 Å². The Morgan fingerprint density at radius 1 is 0.875 bits per heavy atom. The molecule has 0 saturated heterocycles. The van der Waals surface area contributed by atoms with Gasteiger partial charge in [-0.15, -0.1) is 0 Å². The fourth-order valence-corrected chi connectivity index (χ4v) is 3.30. The Bertz CT molecular complexity index is 903. The SMILES string of the molecule is O=C(F)C1c2ccccc2Oc2cccc(Cc3ccccc3)c21. The second-order valence-corrected chi connectivity index (χ2v) is 5.87. The molecule has 0 radical (unpaired) electrons. The van der Waals surface area contributed by atoms with Crippen molar-refractivity contribution in [2.75, 3.05) is 0 Å². The number of para-hydroxylation sites is 1. The number of benzene rings is 3. The lowest BCUT2D eigenvalue weighted by Gasteiger charge is -2.27. The van der Waals surface area contributed by atoms with Crippen molar-refractivity contribution in [3.63, 3.8) is 0 Å². The van der Waals surface area contributed by atoms with Crippen molar-refractivity contribution in [2.24, 2.45) is 0 Å². The summed E-state index contributed by atoms with van der Waals surface area (Å²) >= 11 is 0. The molecule has 24 heavy (non-hydrogen) atoms. The fourth-order valence-electron chi connectivity index (χ4n) is 3.30. The van der Waals surface area contributed by atoms with Crippen molar-refractivity contribution in [3.05, 3.63) is 95.1 Å². The molecule has 0 aliphatic carbocycles. The largest absolute Gasteiger partial charge is 0.457 e. The van der Waals surface area contributed by atoms with Gasteiger partial charge in [0.1, 0.15) is 17.4 Å². The Balaban J connectivity index is 1.85. The van der Waals surface area contributed by atoms with E-state index in [1.54, 1.807) is 24.3 Å². The molecule has 0 bridgehead atoms. The molecular weight excluding hydrogens is 303 g/mol. The highest BCUT2D eigenvalue weighted by Gasteiger charge is 2.34. The zero-order valence-corrected chi connectivity index (χ0v) is 12.9. The topological polar surface area (TPSA) is 26.3 Å². The van der Waals surface area contributed by atoms with Crippen LogP contribution in [0.1, 0.15) is 28.2 Å². The van der Waals surface area contributed by atoms with Crippen LogP contribution in [0.4, 0.5) is 4.39 Å². The number of halogens is 1. The van der Waals surface area contributed by atoms with E-state index in [1.807, 2.05) is 48.5 Å². The molecule has 1 unspecified atom stereocenters. The van der Waals surface area contributed by atoms with E-state index >= 15 is 0 Å². The fraction of sp³-hybridized carbons (Fsp3) is 0.0952. The zero-order chi connectivity index (χ0) is 16.5. The van der Waals surface area contributed by atoms with Gasteiger partial charge in [0.15, 0.2) is 0 Å². The second-order valence-electron chi connectivity index (χ2n) is 5.87. The van der Waals surface area contributed by atoms with Crippen molar-refractivity contribution in [1.82, 2.24) is 0 Å². The molecule has 1 aliphatic rings. The van der Waals surface area contributed by atoms with Gasteiger partial charge in [-0.1, -0.05) is 60.7 Å². The van der Waals surface area contributed by atoms with Crippen LogP contribution in [-0.2, 0) is 11.2 Å². The summed E-state index contributed by atoms with van der Waals surface area (Å²) in [7, 11) is 0. The van der Waals surface area contributed by atoms with Gasteiger partial charge in [-0.05, 0) is 29.7 Å². The zero-order valence-electron chi connectivity index (χ0n) is 12.9. The second kappa shape index (κ2) is 5.93. The van der Waals surface area contributed by atoms with Crippen molar-refractivity contribution >= 4 is 6.04 Å². The summed E-state index contributed by atoms with van der Waals surface area (Å²) in [5.74, 6) is 0.167. The molecule has 1 heterocycles. The van der Waals surface area contributed by atoms with E-state index in [0.717, 1.165) is 11.1 Å². The minimum Gasteiger partial charge on any atom is -0.457 e. The lowest BCUT2D eigenvalue weighted by Crippen LogP contribution is -2.18. The normalized spacial score (nSPS) is 15.1. The first-order chi connectivity index (χ1) is 11.7. The number of fused-ring (bicyclic) bond motifs is 2. The van der Waals surface area contributed by atoms with Gasteiger partial charge in [-0.2, -0.15) is 4.39 Å². The maximum Gasteiger partial charge on any atom is 0.313 e. The summed E-state index contributed by atoms with van der Waals surface area (Å²) in [5, 5.41) is 0. The predicted octanol–water partition coefficient (Wildman–Crippen LogP) is 5.01. The number of rotatable bonds is 3. The molecule has 3 aromatic carbocycles. The Morgan fingerprint density at radius 3 is 2.38 bits per heavy atom. The van der Waals surface area contributed by atoms with E-state index in [0.29, 0.717) is 29.0 Å². The van der Waals surface area contributed by atoms with Crippen molar-refractivity contribution in [3.8, 4) is 11.5 Å². The molecule has 0 saturated carbocycles. The van der Waals surface area contributed by atoms with Gasteiger partial charge in [-0.3, -0.25) is 4.79 Å². The Kier molecular flexibility index (Phi) is 3.62. The molecule has 0 N–H and O–H groups in total. The average molecular weight is 318 g/mol. The summed E-state index contributed by atoms with van der Waals surface area (Å²) in [5.41, 5.74) is 3.23. The summed E-state index contributed by atoms with van der Waals surface area (Å²) < 4.78 is 19.9. The molecule has 1 atom stereocenters. The number of carbonyl (C=O) groups excluding carboxylic acids is 1. The molecule has 2 nitrogen and oxygen atoms in total. The van der Waals surface area contributed by atoms with Crippen LogP contribution in [0.15, 0.2) is 72.8 Å². The number of hydrogen-bond acceptors (Lipinski definition) is 2. The smallest absolute Gasteiger partial charge is 0.313 e. The van der Waals surface area contributed by atoms with E-state index in [9.17, 15) is 9.18 Å². The quantitative estimate of drug-likeness (QED) is 0.634. The van der Waals surface area contributed by atoms with Crippen LogP contribution < -0.4 is 4.74 Å². The minimum absolute atomic E-state index is 0.540. The molecule has 118 valence electrons. The van der Waals surface area contributed by atoms with Gasteiger partial charge < -0.3 is 4.74 Å². The van der Waals surface area contributed by atoms with Crippen LogP contribution in [0, 0.1) is 0 Å². The van der Waals surface area contributed by atoms with E-state index in [1.165, 1.54) is 0 Å². The van der Waals surface area contributed by atoms with Crippen LogP contribution in [0.25, 0.3) is 0 Å². The standard InChI is InChI=1S/C21H15FO2/c22-21(23)20-16-10-4-5-11-17(16)24-18-12-6-9-15(19(18)20)13-14-7-2-1-3-8-14/h1-12,20H,13H2. The first-order valence-electron chi connectivity index (χ1n) is 7.86. The third kappa shape index (κ3) is 2.48. The molecule has 0 fully saturated rings. The first kappa shape index (κ1) is 14.6. The van der Waals surface area contributed by atoms with Crippen LogP contribution in [0.2, 0.25) is 0 Å². The third-order valence-corrected chi connectivity index (χ3v) is 4.36. The molecule has 3 aromatic rings. The van der Waals surface area contributed by atoms with Gasteiger partial charge in [-0.25, -0.2) is 0 Å². The average Bonchev–Trinajstić information content (AvgIpc) is 2.60. The highest BCUT2D eigenvalue weighted by molar-refractivity contribution is 5.85. The van der Waals surface area contributed by atoms with Crippen molar-refractivity contribution in [2.45, 2.75) is 12.3 Å². The summed E-state index contributed by atoms with van der Waals surface area (Å²) in [4.78, 5) is 11.8. The molecular formula is C21H15FO2. The minimum atomic E-state index is -1.35. The lowest BCUT2D eigenvalue weighted by atomic mass is 9.84. The highest BCUT2D eigenvalue weighted by Crippen LogP contribution is 2.46. The predicted molar refractivity (Wildman–Crippen MR) is 90.2 cm³/mol. The van der Waals surface area contributed by atoms with E-state index < -0.39 is 12.0 Å². The maximum atomic E-state index is 14.0. The van der Waals surface area contributed by atoms with E-state index in [-0.39, 0.29) is 0 Å². The highest BCUT2D eigenvalue weighted by atomic mass is 19.1. The molecule has 0 spiro atoms. The van der Waals surface area contributed by atoms with E-state index in [4.69, 9.17) is 4.74 Å². The number of ether oxygens (including phenoxy) is 1. The van der Waals surface area contributed by atoms with Crippen LogP contribution in [0.5, 0.6) is 11.5 Å². The van der Waals surface area contributed by atoms with Crippen LogP contribution >= 0.6 is 0 Å². The molecule has 1 aliphatic heterocycles. The Morgan fingerprint density at radius 2 is 1.58 bits per heavy atom. The van der Waals surface area contributed by atoms with Gasteiger partial charge in [0.2, 0.25) is 0 Å². The molecule has 4 rings (SSSR count). The number of hydrogen-bond donors (Lipinski definition) is 0. The Hall–Kier alpha value is -2.94. The van der Waals surface area contributed by atoms with Crippen LogP contribution in [0.3, 0.4) is 0 Å². The van der Waals surface area contributed by atoms with Gasteiger partial charge in [0, 0.05) is 11.1 Å². The molecule has 3 heteroatoms. The van der Waals surface area contributed by atoms with Crippen molar-refractivity contribution in [1.29, 1.82) is 0 Å². The molecule has 0 amide bonds. The monoisotopic (exact) mass is 318 g/mol. The summed E-state index contributed by atoms with van der Waals surface area (Å²) in [6.45, 7) is 0. The van der Waals surface area contributed by atoms with Crippen molar-refractivity contribution < 1.29 is 13.9 Å².